The molecule has 0 atom stereocenters. The number of rotatable bonds is 4. The van der Waals surface area contributed by atoms with Gasteiger partial charge in [0.25, 0.3) is 0 Å². The monoisotopic (exact) mass is 402 g/mol. The minimum absolute atomic E-state index is 0.00368. The van der Waals surface area contributed by atoms with E-state index in [0.717, 1.165) is 16.4 Å². The molecule has 0 saturated carbocycles. The molecule has 0 aromatic heterocycles. The molecule has 1 heterocycles. The van der Waals surface area contributed by atoms with Gasteiger partial charge in [-0.15, -0.1) is 0 Å². The third kappa shape index (κ3) is 3.63. The summed E-state index contributed by atoms with van der Waals surface area (Å²) in [6.07, 6.45) is 0.781. The van der Waals surface area contributed by atoms with Gasteiger partial charge in [-0.1, -0.05) is 0 Å². The summed E-state index contributed by atoms with van der Waals surface area (Å²) < 4.78 is 11.6. The van der Waals surface area contributed by atoms with Gasteiger partial charge < -0.3 is 0 Å². The summed E-state index contributed by atoms with van der Waals surface area (Å²) in [4.78, 5) is 16.9. The first-order valence-corrected chi connectivity index (χ1v) is 9.56. The second-order valence-corrected chi connectivity index (χ2v) is 7.47. The van der Waals surface area contributed by atoms with Crippen LogP contribution in [0.4, 0.5) is 0 Å². The van der Waals surface area contributed by atoms with Crippen LogP contribution >= 0.6 is 0 Å². The molecule has 2 aromatic rings. The summed E-state index contributed by atoms with van der Waals surface area (Å²) in [6.45, 7) is 1.21. The van der Waals surface area contributed by atoms with Crippen LogP contribution in [0.15, 0.2) is 36.4 Å². The Morgan fingerprint density at radius 3 is 2.56 bits per heavy atom. The number of ether oxygens (including phenoxy) is 2. The molecule has 0 unspecified atom stereocenters. The molecule has 1 amide bonds. The number of hydrogen-bond donors (Lipinski definition) is 0. The summed E-state index contributed by atoms with van der Waals surface area (Å²) in [5.41, 5.74) is 2.90. The molecule has 0 radical (unpaired) electrons. The number of carbonyl (C=O) groups excluding carboxylic acids is 1. The van der Waals surface area contributed by atoms with Crippen LogP contribution in [-0.4, -0.2) is 46.5 Å². The molecular weight excluding hydrogens is 383 g/mol. The topological polar surface area (TPSA) is 62.6 Å². The van der Waals surface area contributed by atoms with E-state index >= 15 is 0 Å². The first kappa shape index (κ1) is 17.3. The van der Waals surface area contributed by atoms with Gasteiger partial charge in [-0.2, -0.15) is 0 Å². The van der Waals surface area contributed by atoms with Gasteiger partial charge in [-0.05, 0) is 0 Å². The van der Waals surface area contributed by atoms with Gasteiger partial charge in [-0.25, -0.2) is 0 Å². The van der Waals surface area contributed by atoms with Crippen LogP contribution in [0.5, 0.6) is 11.5 Å². The average molecular weight is 401 g/mol. The average Bonchev–Trinajstić information content (AvgIpc) is 2.66. The predicted octanol–water partition coefficient (Wildman–Crippen LogP) is 1.71. The number of benzene rings is 2. The molecule has 3 rings (SSSR count). The maximum atomic E-state index is 12.8. The summed E-state index contributed by atoms with van der Waals surface area (Å²) >= 11 is -0.255. The van der Waals surface area contributed by atoms with E-state index in [4.69, 9.17) is 14.7 Å². The first-order chi connectivity index (χ1) is 12.2. The third-order valence-electron chi connectivity index (χ3n) is 4.25. The van der Waals surface area contributed by atoms with Crippen molar-refractivity contribution in [1.29, 1.82) is 5.26 Å². The van der Waals surface area contributed by atoms with E-state index in [9.17, 15) is 4.79 Å². The number of carbonyl (C=O) groups is 1. The summed E-state index contributed by atoms with van der Waals surface area (Å²) in [6, 6.07) is 11.3. The van der Waals surface area contributed by atoms with Gasteiger partial charge in [0.1, 0.15) is 0 Å². The van der Waals surface area contributed by atoms with Crippen LogP contribution in [0.2, 0.25) is 0 Å². The molecule has 5 nitrogen and oxygen atoms in total. The Bertz CT molecular complexity index is 845. The van der Waals surface area contributed by atoms with Crippen molar-refractivity contribution in [1.82, 2.24) is 4.90 Å². The van der Waals surface area contributed by atoms with Crippen LogP contribution in [-0.2, 0) is 13.0 Å². The van der Waals surface area contributed by atoms with Gasteiger partial charge in [0.2, 0.25) is 0 Å². The van der Waals surface area contributed by atoms with Gasteiger partial charge in [0.05, 0.1) is 0 Å². The fourth-order valence-corrected chi connectivity index (χ4v) is 3.90. The fraction of sp³-hybridized carbons (Fsp3) is 0.263. The summed E-state index contributed by atoms with van der Waals surface area (Å²) in [7, 11) is 3.23. The van der Waals surface area contributed by atoms with Crippen LogP contribution in [0.25, 0.3) is 0 Å². The SMILES string of the molecule is COc1cc2c(cc1OC)CN(C(=O)c1cccc([Se]C#N)c1)CC2. The van der Waals surface area contributed by atoms with E-state index in [-0.39, 0.29) is 20.9 Å². The van der Waals surface area contributed by atoms with Gasteiger partial charge in [0, 0.05) is 0 Å². The van der Waals surface area contributed by atoms with Crippen molar-refractivity contribution in [2.45, 2.75) is 13.0 Å². The molecule has 0 N–H and O–H groups in total. The number of fused-ring (bicyclic) bond motifs is 1. The third-order valence-corrected chi connectivity index (χ3v) is 5.47. The number of amides is 1. The molecule has 6 heteroatoms. The van der Waals surface area contributed by atoms with Crippen LogP contribution in [0.1, 0.15) is 21.5 Å². The zero-order valence-corrected chi connectivity index (χ0v) is 15.8. The Morgan fingerprint density at radius 2 is 1.88 bits per heavy atom. The zero-order valence-electron chi connectivity index (χ0n) is 14.1. The molecule has 0 aliphatic carbocycles. The Kier molecular flexibility index (Phi) is 5.28. The van der Waals surface area contributed by atoms with Crippen molar-refractivity contribution in [3.8, 4) is 16.5 Å². The number of hydrogen-bond acceptors (Lipinski definition) is 4. The number of methoxy groups -OCH3 is 2. The molecule has 1 aliphatic rings. The van der Waals surface area contributed by atoms with Crippen molar-refractivity contribution in [2.75, 3.05) is 20.8 Å². The van der Waals surface area contributed by atoms with Crippen molar-refractivity contribution >= 4 is 25.3 Å². The molecule has 0 bridgehead atoms. The van der Waals surface area contributed by atoms with Crippen molar-refractivity contribution in [2.24, 2.45) is 0 Å². The number of nitrogens with zero attached hydrogens (tertiary/aromatic N) is 2. The standard InChI is InChI=1S/C19H18N2O3Se/c1-23-17-9-13-6-7-21(11-15(13)10-18(17)24-2)19(22)14-4-3-5-16(8-14)25-12-20/h3-5,8-10H,6-7,11H2,1-2H3. The van der Waals surface area contributed by atoms with Gasteiger partial charge >= 0.3 is 153 Å². The summed E-state index contributed by atoms with van der Waals surface area (Å²) in [5.74, 6) is 1.39. The van der Waals surface area contributed by atoms with E-state index in [1.165, 1.54) is 5.56 Å². The molecule has 1 aliphatic heterocycles. The van der Waals surface area contributed by atoms with Crippen molar-refractivity contribution in [3.63, 3.8) is 0 Å². The molecule has 25 heavy (non-hydrogen) atoms. The molecular formula is C19H18N2O3Se. The molecule has 0 fully saturated rings. The first-order valence-electron chi connectivity index (χ1n) is 7.85. The van der Waals surface area contributed by atoms with E-state index in [1.54, 1.807) is 14.2 Å². The quantitative estimate of drug-likeness (QED) is 0.732. The van der Waals surface area contributed by atoms with E-state index in [0.29, 0.717) is 30.2 Å². The number of nitriles is 1. The van der Waals surface area contributed by atoms with Crippen molar-refractivity contribution in [3.05, 3.63) is 53.1 Å². The van der Waals surface area contributed by atoms with E-state index in [2.05, 4.69) is 4.97 Å². The van der Waals surface area contributed by atoms with Crippen LogP contribution in [0, 0.1) is 10.2 Å². The molecule has 128 valence electrons. The second-order valence-electron chi connectivity index (χ2n) is 5.67. The molecule has 2 aromatic carbocycles. The Hall–Kier alpha value is -2.48. The Labute approximate surface area is 153 Å². The second kappa shape index (κ2) is 7.60. The van der Waals surface area contributed by atoms with E-state index < -0.39 is 0 Å². The predicted molar refractivity (Wildman–Crippen MR) is 95.4 cm³/mol. The maximum absolute atomic E-state index is 12.8. The Balaban J connectivity index is 1.83. The van der Waals surface area contributed by atoms with Crippen LogP contribution < -0.4 is 13.9 Å². The zero-order chi connectivity index (χ0) is 17.8. The molecule has 0 spiro atoms. The van der Waals surface area contributed by atoms with Crippen LogP contribution in [0.3, 0.4) is 0 Å². The molecule has 0 saturated heterocycles. The fourth-order valence-electron chi connectivity index (χ4n) is 2.98. The van der Waals surface area contributed by atoms with E-state index in [1.807, 2.05) is 41.3 Å². The van der Waals surface area contributed by atoms with Crippen molar-refractivity contribution < 1.29 is 14.3 Å². The minimum atomic E-state index is -0.255. The normalized spacial score (nSPS) is 12.9. The Morgan fingerprint density at radius 1 is 1.16 bits per heavy atom. The van der Waals surface area contributed by atoms with Gasteiger partial charge in [-0.3, -0.25) is 0 Å². The van der Waals surface area contributed by atoms with Gasteiger partial charge in [0.15, 0.2) is 0 Å². The summed E-state index contributed by atoms with van der Waals surface area (Å²) in [5, 5.41) is 8.86.